The van der Waals surface area contributed by atoms with Crippen LogP contribution in [-0.4, -0.2) is 17.6 Å². The summed E-state index contributed by atoms with van der Waals surface area (Å²) in [4.78, 5) is 11.9. The average Bonchev–Trinajstić information content (AvgIpc) is 2.89. The second-order valence-corrected chi connectivity index (χ2v) is 4.71. The van der Waals surface area contributed by atoms with Gasteiger partial charge in [0, 0.05) is 5.02 Å². The van der Waals surface area contributed by atoms with Gasteiger partial charge >= 0.3 is 0 Å². The Morgan fingerprint density at radius 1 is 1.37 bits per heavy atom. The van der Waals surface area contributed by atoms with Crippen LogP contribution >= 0.6 is 23.2 Å². The fourth-order valence-electron chi connectivity index (χ4n) is 1.54. The SMILES string of the molecule is O=C(NCC(O)c1ccco1)c1ccc(Cl)cc1Cl. The molecule has 19 heavy (non-hydrogen) atoms. The standard InChI is InChI=1S/C13H11Cl2NO3/c14-8-3-4-9(10(15)6-8)13(18)16-7-11(17)12-2-1-5-19-12/h1-6,11,17H,7H2,(H,16,18). The molecular formula is C13H11Cl2NO3. The van der Waals surface area contributed by atoms with Crippen molar-refractivity contribution in [1.82, 2.24) is 5.32 Å². The van der Waals surface area contributed by atoms with E-state index >= 15 is 0 Å². The second-order valence-electron chi connectivity index (χ2n) is 3.87. The predicted octanol–water partition coefficient (Wildman–Crippen LogP) is 3.05. The Morgan fingerprint density at radius 3 is 2.79 bits per heavy atom. The van der Waals surface area contributed by atoms with Gasteiger partial charge < -0.3 is 14.8 Å². The van der Waals surface area contributed by atoms with Crippen LogP contribution in [0, 0.1) is 0 Å². The van der Waals surface area contributed by atoms with Gasteiger partial charge in [0.25, 0.3) is 5.91 Å². The molecule has 1 unspecified atom stereocenters. The molecule has 0 radical (unpaired) electrons. The molecule has 2 rings (SSSR count). The van der Waals surface area contributed by atoms with Gasteiger partial charge in [0.15, 0.2) is 0 Å². The monoisotopic (exact) mass is 299 g/mol. The van der Waals surface area contributed by atoms with Crippen LogP contribution in [0.4, 0.5) is 0 Å². The molecule has 1 amide bonds. The first kappa shape index (κ1) is 13.9. The number of carbonyl (C=O) groups is 1. The summed E-state index contributed by atoms with van der Waals surface area (Å²) in [5, 5.41) is 13.0. The maximum atomic E-state index is 11.9. The van der Waals surface area contributed by atoms with Gasteiger partial charge in [0.2, 0.25) is 0 Å². The molecule has 6 heteroatoms. The molecule has 0 bridgehead atoms. The van der Waals surface area contributed by atoms with Crippen LogP contribution in [-0.2, 0) is 0 Å². The molecule has 1 atom stereocenters. The molecule has 0 aliphatic rings. The Balaban J connectivity index is 1.98. The van der Waals surface area contributed by atoms with Crippen molar-refractivity contribution in [1.29, 1.82) is 0 Å². The van der Waals surface area contributed by atoms with Gasteiger partial charge in [-0.3, -0.25) is 4.79 Å². The van der Waals surface area contributed by atoms with E-state index in [-0.39, 0.29) is 17.5 Å². The fraction of sp³-hybridized carbons (Fsp3) is 0.154. The van der Waals surface area contributed by atoms with Gasteiger partial charge in [0.1, 0.15) is 11.9 Å². The molecule has 0 aliphatic heterocycles. The highest BCUT2D eigenvalue weighted by Gasteiger charge is 2.14. The highest BCUT2D eigenvalue weighted by molar-refractivity contribution is 6.36. The molecule has 4 nitrogen and oxygen atoms in total. The highest BCUT2D eigenvalue weighted by Crippen LogP contribution is 2.21. The number of amides is 1. The predicted molar refractivity (Wildman–Crippen MR) is 72.5 cm³/mol. The molecule has 1 aromatic carbocycles. The molecule has 1 aromatic heterocycles. The number of hydrogen-bond donors (Lipinski definition) is 2. The topological polar surface area (TPSA) is 62.5 Å². The molecule has 2 aromatic rings. The van der Waals surface area contributed by atoms with E-state index in [2.05, 4.69) is 5.32 Å². The number of benzene rings is 1. The maximum Gasteiger partial charge on any atom is 0.252 e. The number of furan rings is 1. The Labute approximate surface area is 119 Å². The summed E-state index contributed by atoms with van der Waals surface area (Å²) in [6.07, 6.45) is 0.557. The summed E-state index contributed by atoms with van der Waals surface area (Å²) in [5.74, 6) is 0.00905. The van der Waals surface area contributed by atoms with Crippen LogP contribution in [0.5, 0.6) is 0 Å². The largest absolute Gasteiger partial charge is 0.467 e. The van der Waals surface area contributed by atoms with E-state index in [1.807, 2.05) is 0 Å². The lowest BCUT2D eigenvalue weighted by molar-refractivity contribution is 0.0901. The van der Waals surface area contributed by atoms with Crippen LogP contribution in [0.25, 0.3) is 0 Å². The van der Waals surface area contributed by atoms with Crippen molar-refractivity contribution in [3.05, 3.63) is 58.0 Å². The van der Waals surface area contributed by atoms with E-state index in [9.17, 15) is 9.90 Å². The zero-order valence-electron chi connectivity index (χ0n) is 9.77. The third-order valence-electron chi connectivity index (χ3n) is 2.50. The molecule has 0 aliphatic carbocycles. The van der Waals surface area contributed by atoms with Crippen molar-refractivity contribution in [3.63, 3.8) is 0 Å². The van der Waals surface area contributed by atoms with E-state index in [0.29, 0.717) is 16.3 Å². The highest BCUT2D eigenvalue weighted by atomic mass is 35.5. The van der Waals surface area contributed by atoms with Crippen molar-refractivity contribution >= 4 is 29.1 Å². The molecule has 1 heterocycles. The van der Waals surface area contributed by atoms with Gasteiger partial charge in [-0.15, -0.1) is 0 Å². The molecule has 0 saturated carbocycles. The van der Waals surface area contributed by atoms with Crippen LogP contribution in [0.2, 0.25) is 10.0 Å². The Hall–Kier alpha value is -1.49. The van der Waals surface area contributed by atoms with Gasteiger partial charge in [-0.25, -0.2) is 0 Å². The molecule has 0 spiro atoms. The smallest absolute Gasteiger partial charge is 0.252 e. The minimum Gasteiger partial charge on any atom is -0.467 e. The van der Waals surface area contributed by atoms with Crippen molar-refractivity contribution in [2.75, 3.05) is 6.54 Å². The third kappa shape index (κ3) is 3.50. The molecule has 2 N–H and O–H groups in total. The minimum atomic E-state index is -0.898. The number of nitrogens with one attached hydrogen (secondary N) is 1. The van der Waals surface area contributed by atoms with E-state index in [4.69, 9.17) is 27.6 Å². The summed E-state index contributed by atoms with van der Waals surface area (Å²) in [7, 11) is 0. The first-order valence-electron chi connectivity index (χ1n) is 5.52. The molecular weight excluding hydrogens is 289 g/mol. The maximum absolute atomic E-state index is 11.9. The van der Waals surface area contributed by atoms with Gasteiger partial charge in [-0.05, 0) is 30.3 Å². The summed E-state index contributed by atoms with van der Waals surface area (Å²) in [5.41, 5.74) is 0.303. The lowest BCUT2D eigenvalue weighted by Gasteiger charge is -2.10. The normalized spacial score (nSPS) is 12.2. The summed E-state index contributed by atoms with van der Waals surface area (Å²) in [6, 6.07) is 7.88. The lowest BCUT2D eigenvalue weighted by Crippen LogP contribution is -2.28. The van der Waals surface area contributed by atoms with Crippen molar-refractivity contribution in [3.8, 4) is 0 Å². The first-order chi connectivity index (χ1) is 9.08. The quantitative estimate of drug-likeness (QED) is 0.912. The van der Waals surface area contributed by atoms with Gasteiger partial charge in [0.05, 0.1) is 23.4 Å². The first-order valence-corrected chi connectivity index (χ1v) is 6.28. The fourth-order valence-corrected chi connectivity index (χ4v) is 2.03. The number of hydrogen-bond acceptors (Lipinski definition) is 3. The average molecular weight is 300 g/mol. The zero-order valence-corrected chi connectivity index (χ0v) is 11.3. The van der Waals surface area contributed by atoms with E-state index < -0.39 is 6.10 Å². The minimum absolute atomic E-state index is 0.0330. The molecule has 100 valence electrons. The Bertz CT molecular complexity index is 569. The summed E-state index contributed by atoms with van der Waals surface area (Å²) in [6.45, 7) is 0.0330. The van der Waals surface area contributed by atoms with E-state index in [0.717, 1.165) is 0 Å². The Kier molecular flexibility index (Phi) is 4.47. The van der Waals surface area contributed by atoms with E-state index in [1.165, 1.54) is 18.4 Å². The Morgan fingerprint density at radius 2 is 2.16 bits per heavy atom. The number of rotatable bonds is 4. The van der Waals surface area contributed by atoms with E-state index in [1.54, 1.807) is 18.2 Å². The van der Waals surface area contributed by atoms with Crippen LogP contribution < -0.4 is 5.32 Å². The summed E-state index contributed by atoms with van der Waals surface area (Å²) >= 11 is 11.7. The van der Waals surface area contributed by atoms with Crippen LogP contribution in [0.1, 0.15) is 22.2 Å². The number of aliphatic hydroxyl groups excluding tert-OH is 1. The molecule has 0 saturated heterocycles. The van der Waals surface area contributed by atoms with Crippen molar-refractivity contribution < 1.29 is 14.3 Å². The van der Waals surface area contributed by atoms with Gasteiger partial charge in [-0.2, -0.15) is 0 Å². The number of carbonyl (C=O) groups excluding carboxylic acids is 1. The second kappa shape index (κ2) is 6.10. The number of aliphatic hydroxyl groups is 1. The number of halogens is 2. The van der Waals surface area contributed by atoms with Crippen LogP contribution in [0.15, 0.2) is 41.0 Å². The zero-order chi connectivity index (χ0) is 13.8. The van der Waals surface area contributed by atoms with Crippen molar-refractivity contribution in [2.24, 2.45) is 0 Å². The lowest BCUT2D eigenvalue weighted by atomic mass is 10.2. The molecule has 0 fully saturated rings. The summed E-state index contributed by atoms with van der Waals surface area (Å²) < 4.78 is 5.03. The van der Waals surface area contributed by atoms with Crippen LogP contribution in [0.3, 0.4) is 0 Å². The van der Waals surface area contributed by atoms with Gasteiger partial charge in [-0.1, -0.05) is 23.2 Å². The third-order valence-corrected chi connectivity index (χ3v) is 3.05. The van der Waals surface area contributed by atoms with Crippen molar-refractivity contribution in [2.45, 2.75) is 6.10 Å².